The van der Waals surface area contributed by atoms with Gasteiger partial charge in [0, 0.05) is 13.1 Å². The Balaban J connectivity index is 1.76. The number of aromatic nitrogens is 2. The molecule has 0 bridgehead atoms. The van der Waals surface area contributed by atoms with Crippen molar-refractivity contribution in [2.24, 2.45) is 0 Å². The van der Waals surface area contributed by atoms with Gasteiger partial charge in [0.25, 0.3) is 5.91 Å². The number of hydrogen-bond donors (Lipinski definition) is 3. The summed E-state index contributed by atoms with van der Waals surface area (Å²) in [5.74, 6) is 0.143. The van der Waals surface area contributed by atoms with Gasteiger partial charge in [0.2, 0.25) is 5.91 Å². The fourth-order valence-electron chi connectivity index (χ4n) is 2.37. The van der Waals surface area contributed by atoms with Crippen LogP contribution in [0.25, 0.3) is 0 Å². The molecule has 1 aliphatic carbocycles. The SMILES string of the molecule is CNC(=O)c1ccc(NCC(=O)NC2CCCCC2)nn1. The van der Waals surface area contributed by atoms with Gasteiger partial charge in [0.05, 0.1) is 6.54 Å². The molecule has 1 aromatic heterocycles. The Bertz CT molecular complexity index is 483. The van der Waals surface area contributed by atoms with Crippen LogP contribution in [0.3, 0.4) is 0 Å². The molecule has 114 valence electrons. The summed E-state index contributed by atoms with van der Waals surface area (Å²) in [5, 5.41) is 16.0. The Kier molecular flexibility index (Phi) is 5.48. The lowest BCUT2D eigenvalue weighted by atomic mass is 9.95. The van der Waals surface area contributed by atoms with Crippen molar-refractivity contribution < 1.29 is 9.59 Å². The molecule has 0 spiro atoms. The number of anilines is 1. The maximum absolute atomic E-state index is 11.8. The monoisotopic (exact) mass is 291 g/mol. The van der Waals surface area contributed by atoms with E-state index < -0.39 is 0 Å². The fourth-order valence-corrected chi connectivity index (χ4v) is 2.37. The Morgan fingerprint density at radius 1 is 1.19 bits per heavy atom. The Hall–Kier alpha value is -2.18. The number of nitrogens with one attached hydrogen (secondary N) is 3. The van der Waals surface area contributed by atoms with Crippen LogP contribution in [0.15, 0.2) is 12.1 Å². The molecule has 0 aliphatic heterocycles. The second-order valence-electron chi connectivity index (χ2n) is 5.14. The highest BCUT2D eigenvalue weighted by atomic mass is 16.2. The van der Waals surface area contributed by atoms with Gasteiger partial charge in [-0.3, -0.25) is 9.59 Å². The van der Waals surface area contributed by atoms with Gasteiger partial charge in [0.15, 0.2) is 5.69 Å². The second-order valence-corrected chi connectivity index (χ2v) is 5.14. The number of nitrogens with zero attached hydrogens (tertiary/aromatic N) is 2. The third-order valence-electron chi connectivity index (χ3n) is 3.52. The number of carbonyl (C=O) groups is 2. The minimum absolute atomic E-state index is 0.0425. The van der Waals surface area contributed by atoms with E-state index in [4.69, 9.17) is 0 Å². The lowest BCUT2D eigenvalue weighted by Crippen LogP contribution is -2.39. The molecule has 0 atom stereocenters. The van der Waals surface area contributed by atoms with Gasteiger partial charge in [-0.2, -0.15) is 0 Å². The summed E-state index contributed by atoms with van der Waals surface area (Å²) in [6.45, 7) is 0.157. The standard InChI is InChI=1S/C14H21N5O2/c1-15-14(21)11-7-8-12(19-18-11)16-9-13(20)17-10-5-3-2-4-6-10/h7-8,10H,2-6,9H2,1H3,(H,15,21)(H,16,19)(H,17,20). The topological polar surface area (TPSA) is 96.0 Å². The molecule has 1 aromatic rings. The van der Waals surface area contributed by atoms with E-state index in [2.05, 4.69) is 26.1 Å². The summed E-state index contributed by atoms with van der Waals surface area (Å²) in [6, 6.07) is 3.49. The zero-order chi connectivity index (χ0) is 15.1. The van der Waals surface area contributed by atoms with Gasteiger partial charge < -0.3 is 16.0 Å². The predicted octanol–water partition coefficient (Wildman–Crippen LogP) is 0.697. The van der Waals surface area contributed by atoms with Gasteiger partial charge >= 0.3 is 0 Å². The van der Waals surface area contributed by atoms with Crippen LogP contribution in [-0.2, 0) is 4.79 Å². The van der Waals surface area contributed by atoms with Crippen molar-refractivity contribution in [3.8, 4) is 0 Å². The van der Waals surface area contributed by atoms with Crippen molar-refractivity contribution in [1.29, 1.82) is 0 Å². The molecule has 1 fully saturated rings. The first kappa shape index (κ1) is 15.2. The van der Waals surface area contributed by atoms with Gasteiger partial charge in [-0.1, -0.05) is 19.3 Å². The van der Waals surface area contributed by atoms with Crippen molar-refractivity contribution in [3.05, 3.63) is 17.8 Å². The quantitative estimate of drug-likeness (QED) is 0.742. The molecule has 3 N–H and O–H groups in total. The van der Waals surface area contributed by atoms with Crippen LogP contribution in [0, 0.1) is 0 Å². The molecule has 7 nitrogen and oxygen atoms in total. The van der Waals surface area contributed by atoms with Crippen LogP contribution >= 0.6 is 0 Å². The summed E-state index contributed by atoms with van der Waals surface area (Å²) in [7, 11) is 1.53. The predicted molar refractivity (Wildman–Crippen MR) is 78.9 cm³/mol. The maximum atomic E-state index is 11.8. The molecular weight excluding hydrogens is 270 g/mol. The highest BCUT2D eigenvalue weighted by Crippen LogP contribution is 2.17. The van der Waals surface area contributed by atoms with Crippen molar-refractivity contribution in [2.45, 2.75) is 38.1 Å². The zero-order valence-electron chi connectivity index (χ0n) is 12.2. The Morgan fingerprint density at radius 2 is 1.95 bits per heavy atom. The van der Waals surface area contributed by atoms with Crippen LogP contribution < -0.4 is 16.0 Å². The van der Waals surface area contributed by atoms with Crippen LogP contribution in [0.1, 0.15) is 42.6 Å². The summed E-state index contributed by atoms with van der Waals surface area (Å²) in [5.41, 5.74) is 0.245. The molecule has 0 radical (unpaired) electrons. The van der Waals surface area contributed by atoms with E-state index >= 15 is 0 Å². The number of carbonyl (C=O) groups excluding carboxylic acids is 2. The lowest BCUT2D eigenvalue weighted by molar-refractivity contribution is -0.120. The summed E-state index contributed by atoms with van der Waals surface area (Å²) < 4.78 is 0. The van der Waals surface area contributed by atoms with E-state index in [1.807, 2.05) is 0 Å². The van der Waals surface area contributed by atoms with E-state index in [0.29, 0.717) is 11.9 Å². The smallest absolute Gasteiger partial charge is 0.271 e. The van der Waals surface area contributed by atoms with Crippen LogP contribution in [0.5, 0.6) is 0 Å². The molecule has 2 rings (SSSR count). The molecule has 2 amide bonds. The Morgan fingerprint density at radius 3 is 2.57 bits per heavy atom. The van der Waals surface area contributed by atoms with Gasteiger partial charge in [-0.05, 0) is 25.0 Å². The van der Waals surface area contributed by atoms with E-state index in [1.54, 1.807) is 12.1 Å². The fraction of sp³-hybridized carbons (Fsp3) is 0.571. The largest absolute Gasteiger partial charge is 0.360 e. The van der Waals surface area contributed by atoms with Crippen LogP contribution in [0.4, 0.5) is 5.82 Å². The first-order chi connectivity index (χ1) is 10.2. The van der Waals surface area contributed by atoms with E-state index in [9.17, 15) is 9.59 Å². The number of hydrogen-bond acceptors (Lipinski definition) is 5. The van der Waals surface area contributed by atoms with E-state index in [0.717, 1.165) is 12.8 Å². The third-order valence-corrected chi connectivity index (χ3v) is 3.52. The van der Waals surface area contributed by atoms with Gasteiger partial charge in [0.1, 0.15) is 5.82 Å². The molecule has 1 aliphatic rings. The van der Waals surface area contributed by atoms with Crippen molar-refractivity contribution >= 4 is 17.6 Å². The zero-order valence-corrected chi connectivity index (χ0v) is 12.2. The normalized spacial score (nSPS) is 15.3. The minimum Gasteiger partial charge on any atom is -0.360 e. The van der Waals surface area contributed by atoms with E-state index in [-0.39, 0.29) is 24.1 Å². The van der Waals surface area contributed by atoms with Crippen molar-refractivity contribution in [3.63, 3.8) is 0 Å². The molecule has 1 heterocycles. The molecule has 0 aromatic carbocycles. The third kappa shape index (κ3) is 4.70. The molecule has 1 saturated carbocycles. The van der Waals surface area contributed by atoms with Crippen molar-refractivity contribution in [2.75, 3.05) is 18.9 Å². The summed E-state index contributed by atoms with van der Waals surface area (Å²) >= 11 is 0. The molecule has 0 saturated heterocycles. The van der Waals surface area contributed by atoms with Gasteiger partial charge in [-0.15, -0.1) is 10.2 Å². The van der Waals surface area contributed by atoms with E-state index in [1.165, 1.54) is 26.3 Å². The number of amides is 2. The average Bonchev–Trinajstić information content (AvgIpc) is 2.53. The highest BCUT2D eigenvalue weighted by Gasteiger charge is 2.15. The second kappa shape index (κ2) is 7.56. The average molecular weight is 291 g/mol. The Labute approximate surface area is 123 Å². The minimum atomic E-state index is -0.288. The lowest BCUT2D eigenvalue weighted by Gasteiger charge is -2.22. The summed E-state index contributed by atoms with van der Waals surface area (Å²) in [6.07, 6.45) is 5.76. The molecular formula is C14H21N5O2. The first-order valence-electron chi connectivity index (χ1n) is 7.28. The maximum Gasteiger partial charge on any atom is 0.271 e. The first-order valence-corrected chi connectivity index (χ1v) is 7.28. The molecule has 21 heavy (non-hydrogen) atoms. The van der Waals surface area contributed by atoms with Crippen LogP contribution in [-0.4, -0.2) is 41.6 Å². The van der Waals surface area contributed by atoms with Crippen molar-refractivity contribution in [1.82, 2.24) is 20.8 Å². The number of rotatable bonds is 5. The van der Waals surface area contributed by atoms with Gasteiger partial charge in [-0.25, -0.2) is 0 Å². The highest BCUT2D eigenvalue weighted by molar-refractivity contribution is 5.91. The van der Waals surface area contributed by atoms with Crippen LogP contribution in [0.2, 0.25) is 0 Å². The molecule has 0 unspecified atom stereocenters. The molecule has 7 heteroatoms. The summed E-state index contributed by atoms with van der Waals surface area (Å²) in [4.78, 5) is 23.1.